The number of likely N-dealkylation sites (N-methyl/N-ethyl adjacent to an activating group) is 2. The molecule has 0 unspecified atom stereocenters. The third kappa shape index (κ3) is 13.4. The maximum atomic E-state index is 14.4. The number of alkyl halides is 3. The summed E-state index contributed by atoms with van der Waals surface area (Å²) >= 11 is 12.7. The highest BCUT2D eigenvalue weighted by atomic mass is 35.5. The first kappa shape index (κ1) is 49.2. The Bertz CT molecular complexity index is 1730. The summed E-state index contributed by atoms with van der Waals surface area (Å²) in [5.74, 6) is -6.56. The van der Waals surface area contributed by atoms with Crippen LogP contribution >= 0.6 is 23.2 Å². The lowest BCUT2D eigenvalue weighted by atomic mass is 9.98. The zero-order chi connectivity index (χ0) is 44.6. The quantitative estimate of drug-likeness (QED) is 0.184. The Kier molecular flexibility index (Phi) is 17.4. The molecule has 20 heteroatoms. The lowest BCUT2D eigenvalue weighted by molar-refractivity contribution is -0.245. The minimum absolute atomic E-state index is 0.0478. The van der Waals surface area contributed by atoms with Gasteiger partial charge in [-0.1, -0.05) is 44.0 Å². The number of benzene rings is 1. The second-order valence-electron chi connectivity index (χ2n) is 16.0. The van der Waals surface area contributed by atoms with Gasteiger partial charge in [-0.3, -0.25) is 33.6 Å². The molecular weight excluding hydrogens is 822 g/mol. The Balaban J connectivity index is 1.94. The molecule has 1 saturated carbocycles. The van der Waals surface area contributed by atoms with E-state index in [1.165, 1.54) is 16.8 Å². The Labute approximate surface area is 352 Å². The molecule has 1 aliphatic heterocycles. The van der Waals surface area contributed by atoms with Gasteiger partial charge in [0.05, 0.1) is 0 Å². The van der Waals surface area contributed by atoms with E-state index in [-0.39, 0.29) is 61.9 Å². The summed E-state index contributed by atoms with van der Waals surface area (Å²) in [6.07, 6.45) is -3.29. The summed E-state index contributed by atoms with van der Waals surface area (Å²) < 4.78 is 39.6. The van der Waals surface area contributed by atoms with Crippen LogP contribution in [0, 0.1) is 11.8 Å². The number of carbonyl (C=O) groups is 7. The first-order valence-electron chi connectivity index (χ1n) is 19.7. The zero-order valence-corrected chi connectivity index (χ0v) is 35.8. The predicted molar refractivity (Wildman–Crippen MR) is 213 cm³/mol. The van der Waals surface area contributed by atoms with Crippen molar-refractivity contribution in [1.82, 2.24) is 36.4 Å². The monoisotopic (exact) mass is 877 g/mol. The van der Waals surface area contributed by atoms with Crippen molar-refractivity contribution in [1.29, 1.82) is 0 Å². The number of aliphatic hydroxyl groups is 1. The molecule has 1 saturated heterocycles. The second-order valence-corrected chi connectivity index (χ2v) is 16.8. The van der Waals surface area contributed by atoms with E-state index in [0.29, 0.717) is 36.3 Å². The summed E-state index contributed by atoms with van der Waals surface area (Å²) in [4.78, 5) is 97.8. The van der Waals surface area contributed by atoms with Gasteiger partial charge in [0.25, 0.3) is 5.91 Å². The van der Waals surface area contributed by atoms with Crippen molar-refractivity contribution in [2.24, 2.45) is 11.8 Å². The molecule has 1 aromatic carbocycles. The van der Waals surface area contributed by atoms with E-state index in [2.05, 4.69) is 21.3 Å². The highest BCUT2D eigenvalue weighted by Crippen LogP contribution is 2.33. The Morgan fingerprint density at radius 2 is 1.54 bits per heavy atom. The minimum Gasteiger partial charge on any atom is -0.373 e. The molecule has 0 bridgehead atoms. The maximum absolute atomic E-state index is 14.4. The van der Waals surface area contributed by atoms with Crippen LogP contribution in [0.3, 0.4) is 0 Å². The van der Waals surface area contributed by atoms with Crippen molar-refractivity contribution in [3.63, 3.8) is 0 Å². The van der Waals surface area contributed by atoms with Crippen LogP contribution in [0.15, 0.2) is 18.2 Å². The van der Waals surface area contributed by atoms with Crippen LogP contribution in [-0.4, -0.2) is 125 Å². The summed E-state index contributed by atoms with van der Waals surface area (Å²) in [5.41, 5.74) is -3.33. The molecule has 330 valence electrons. The molecule has 7 amide bonds. The number of hydrogen-bond donors (Lipinski definition) is 6. The predicted octanol–water partition coefficient (Wildman–Crippen LogP) is 2.63. The molecule has 1 heterocycles. The van der Waals surface area contributed by atoms with Crippen LogP contribution in [-0.2, 0) is 40.0 Å². The van der Waals surface area contributed by atoms with Gasteiger partial charge in [0, 0.05) is 37.1 Å². The molecule has 3 rings (SSSR count). The standard InChI is InChI=1S/C39H56Cl2F3N7O8/c1-8-26-35(56)50(6)16-10-9-11-27(47-34(55)30(22-12-13-22)49-31(52)21(4)45-37(58)38(5,59)39(42,43)44)32(53)48-28(17-20(2)3)36(57)51(7)29(33(54)46-26)19-23-18-24(40)14-15-25(23)41/h14-15,18,20-22,26-30,59H,8-13,16-17,19H2,1-7H3,(H,45,58)(H,46,54)(H,47,55)(H,48,53)(H,49,52)/t21-,26+,27-,28-,29-,30-,38+/m0/s1. The number of rotatable bonds is 12. The SMILES string of the molecule is CC[C@H]1NC(=O)[C@H](Cc2cc(Cl)ccc2Cl)N(C)C(=O)[C@H](CC(C)C)NC(=O)[C@@H](NC(=O)[C@@H](NC(=O)[C@H](C)NC(=O)[C@@](C)(O)C(F)(F)F)C2CC2)CCCCN(C)C1=O. The molecule has 6 N–H and O–H groups in total. The topological polar surface area (TPSA) is 206 Å². The van der Waals surface area contributed by atoms with Gasteiger partial charge in [-0.15, -0.1) is 0 Å². The maximum Gasteiger partial charge on any atom is 0.426 e. The number of nitrogens with zero attached hydrogens (tertiary/aromatic N) is 2. The molecule has 7 atom stereocenters. The first-order chi connectivity index (χ1) is 27.4. The van der Waals surface area contributed by atoms with Crippen molar-refractivity contribution in [3.05, 3.63) is 33.8 Å². The van der Waals surface area contributed by atoms with Gasteiger partial charge < -0.3 is 41.5 Å². The van der Waals surface area contributed by atoms with Crippen LogP contribution in [0.2, 0.25) is 10.0 Å². The smallest absolute Gasteiger partial charge is 0.373 e. The van der Waals surface area contributed by atoms with E-state index in [4.69, 9.17) is 23.2 Å². The molecular formula is C39H56Cl2F3N7O8. The fraction of sp³-hybridized carbons (Fsp3) is 0.667. The summed E-state index contributed by atoms with van der Waals surface area (Å²) in [5, 5.41) is 22.9. The highest BCUT2D eigenvalue weighted by molar-refractivity contribution is 6.33. The fourth-order valence-electron chi connectivity index (χ4n) is 6.53. The van der Waals surface area contributed by atoms with Gasteiger partial charge in [-0.25, -0.2) is 0 Å². The van der Waals surface area contributed by atoms with Crippen LogP contribution in [0.25, 0.3) is 0 Å². The van der Waals surface area contributed by atoms with Crippen molar-refractivity contribution < 1.29 is 51.8 Å². The number of nitrogens with one attached hydrogen (secondary N) is 5. The molecule has 0 radical (unpaired) electrons. The molecule has 0 spiro atoms. The van der Waals surface area contributed by atoms with Gasteiger partial charge in [0.15, 0.2) is 0 Å². The molecule has 15 nitrogen and oxygen atoms in total. The third-order valence-electron chi connectivity index (χ3n) is 10.5. The van der Waals surface area contributed by atoms with E-state index < -0.39 is 83.5 Å². The Morgan fingerprint density at radius 3 is 2.12 bits per heavy atom. The number of carbonyl (C=O) groups excluding carboxylic acids is 7. The molecule has 1 aliphatic carbocycles. The van der Waals surface area contributed by atoms with E-state index >= 15 is 0 Å². The third-order valence-corrected chi connectivity index (χ3v) is 11.1. The van der Waals surface area contributed by atoms with Gasteiger partial charge >= 0.3 is 6.18 Å². The lowest BCUT2D eigenvalue weighted by Gasteiger charge is -2.34. The van der Waals surface area contributed by atoms with E-state index in [1.54, 1.807) is 32.2 Å². The Morgan fingerprint density at radius 1 is 0.915 bits per heavy atom. The zero-order valence-electron chi connectivity index (χ0n) is 34.3. The van der Waals surface area contributed by atoms with Crippen LogP contribution in [0.1, 0.15) is 85.1 Å². The number of hydrogen-bond acceptors (Lipinski definition) is 8. The molecule has 1 aromatic rings. The van der Waals surface area contributed by atoms with Gasteiger partial charge in [0.1, 0.15) is 36.3 Å². The van der Waals surface area contributed by atoms with E-state index in [9.17, 15) is 51.8 Å². The summed E-state index contributed by atoms with van der Waals surface area (Å²) in [7, 11) is 2.97. The first-order valence-corrected chi connectivity index (χ1v) is 20.4. The molecule has 2 fully saturated rings. The van der Waals surface area contributed by atoms with Crippen LogP contribution in [0.4, 0.5) is 13.2 Å². The normalized spacial score (nSPS) is 23.8. The van der Waals surface area contributed by atoms with Crippen LogP contribution in [0.5, 0.6) is 0 Å². The van der Waals surface area contributed by atoms with Crippen molar-refractivity contribution in [3.8, 4) is 0 Å². The second kappa shape index (κ2) is 20.9. The largest absolute Gasteiger partial charge is 0.426 e. The van der Waals surface area contributed by atoms with Crippen molar-refractivity contribution in [2.75, 3.05) is 20.6 Å². The Hall–Kier alpha value is -4.16. The van der Waals surface area contributed by atoms with Crippen LogP contribution < -0.4 is 26.6 Å². The molecule has 0 aromatic heterocycles. The van der Waals surface area contributed by atoms with E-state index in [0.717, 1.165) is 6.92 Å². The highest BCUT2D eigenvalue weighted by Gasteiger charge is 2.56. The van der Waals surface area contributed by atoms with Crippen molar-refractivity contribution >= 4 is 64.6 Å². The molecule has 2 aliphatic rings. The van der Waals surface area contributed by atoms with Gasteiger partial charge in [-0.2, -0.15) is 13.2 Å². The average Bonchev–Trinajstić information content (AvgIpc) is 4.00. The minimum atomic E-state index is -5.33. The summed E-state index contributed by atoms with van der Waals surface area (Å²) in [6, 6.07) is -2.72. The fourth-order valence-corrected chi connectivity index (χ4v) is 6.91. The van der Waals surface area contributed by atoms with E-state index in [1.807, 2.05) is 19.2 Å². The lowest BCUT2D eigenvalue weighted by Crippen LogP contribution is -2.61. The molecule has 59 heavy (non-hydrogen) atoms. The average molecular weight is 879 g/mol. The van der Waals surface area contributed by atoms with Gasteiger partial charge in [-0.05, 0) is 94.4 Å². The van der Waals surface area contributed by atoms with Gasteiger partial charge in [0.2, 0.25) is 41.0 Å². The number of amides is 7. The number of halogens is 5. The summed E-state index contributed by atoms with van der Waals surface area (Å²) in [6.45, 7) is 6.96. The van der Waals surface area contributed by atoms with Crippen molar-refractivity contribution in [2.45, 2.75) is 134 Å².